The Bertz CT molecular complexity index is 2780. The van der Waals surface area contributed by atoms with E-state index in [1.165, 1.54) is 0 Å². The van der Waals surface area contributed by atoms with E-state index in [-0.39, 0.29) is 81.9 Å². The molecular formula is C30H20N12Na2O14S2. The molecule has 26 nitrogen and oxygen atoms in total. The number of phenolic OH excluding ortho intramolecular Hbond substituents is 4. The predicted molar refractivity (Wildman–Crippen MR) is 194 cm³/mol. The number of benzene rings is 5. The zero-order chi connectivity index (χ0) is 42.7. The summed E-state index contributed by atoms with van der Waals surface area (Å²) >= 11 is 0. The SMILES string of the molecule is Nc1cc(N=Nc2c(O)c(N=Nc3cc(S(=O)(=O)[O-])ccc3O)c(N=Nc3ccc(N)c([N+](=O)[O-])c3)c(N=Nc3cc(S(=O)(=O)[O-])ccc3O)c2O)ccc1[N+](=O)[O-].[Na+].[Na+]. The maximum Gasteiger partial charge on any atom is 1.00 e. The molecule has 0 aliphatic heterocycles. The molecule has 60 heavy (non-hydrogen) atoms. The van der Waals surface area contributed by atoms with Crippen LogP contribution in [0.1, 0.15) is 0 Å². The first-order chi connectivity index (χ1) is 27.1. The van der Waals surface area contributed by atoms with E-state index in [0.717, 1.165) is 60.7 Å². The van der Waals surface area contributed by atoms with E-state index in [1.54, 1.807) is 0 Å². The Hall–Kier alpha value is -6.08. The molecule has 5 aromatic rings. The number of hydrogen-bond donors (Lipinski definition) is 6. The summed E-state index contributed by atoms with van der Waals surface area (Å²) in [4.78, 5) is 19.3. The van der Waals surface area contributed by atoms with Crippen molar-refractivity contribution < 1.29 is 115 Å². The van der Waals surface area contributed by atoms with Gasteiger partial charge >= 0.3 is 59.1 Å². The van der Waals surface area contributed by atoms with Crippen LogP contribution in [0.15, 0.2) is 124 Å². The van der Waals surface area contributed by atoms with Gasteiger partial charge in [-0.2, -0.15) is 10.2 Å². The summed E-state index contributed by atoms with van der Waals surface area (Å²) in [5.74, 6) is -3.90. The van der Waals surface area contributed by atoms with Crippen molar-refractivity contribution in [2.75, 3.05) is 11.5 Å². The largest absolute Gasteiger partial charge is 1.00 e. The summed E-state index contributed by atoms with van der Waals surface area (Å²) in [6, 6.07) is 10.3. The van der Waals surface area contributed by atoms with Crippen molar-refractivity contribution >= 4 is 88.5 Å². The topological polar surface area (TPSA) is 433 Å². The summed E-state index contributed by atoms with van der Waals surface area (Å²) in [6.07, 6.45) is 0. The van der Waals surface area contributed by atoms with Crippen molar-refractivity contribution in [3.05, 3.63) is 93.0 Å². The number of azo groups is 4. The predicted octanol–water partition coefficient (Wildman–Crippen LogP) is 0.968. The van der Waals surface area contributed by atoms with Crippen molar-refractivity contribution in [1.29, 1.82) is 0 Å². The van der Waals surface area contributed by atoms with Gasteiger partial charge in [0, 0.05) is 12.1 Å². The van der Waals surface area contributed by atoms with Gasteiger partial charge in [-0.15, -0.1) is 30.7 Å². The van der Waals surface area contributed by atoms with Crippen molar-refractivity contribution in [2.45, 2.75) is 9.79 Å². The minimum Gasteiger partial charge on any atom is -0.744 e. The van der Waals surface area contributed by atoms with Crippen molar-refractivity contribution in [1.82, 2.24) is 0 Å². The molecule has 0 amide bonds. The standard InChI is InChI=1S/C30H22N12O14S2.2Na/c31-17-5-1-14(10-22(17)42(49)50)34-37-25-26(38-35-19-11-15(57(51,52)53)3-7-23(19)43)29(45)28(40-33-13-2-6-21(41(47)48)18(32)9-13)30(46)27(25)39-36-20-12-16(58(54,55)56)4-8-24(20)44;;/h1-12,43-46H,31-32H2,(H,51,52,53)(H,54,55,56);;/q;2*+1/p-2. The Balaban J connectivity index is 0.00000480. The molecule has 0 spiro atoms. The molecule has 298 valence electrons. The molecule has 0 aliphatic rings. The van der Waals surface area contributed by atoms with E-state index in [1.807, 2.05) is 0 Å². The molecule has 30 heteroatoms. The van der Waals surface area contributed by atoms with Crippen LogP contribution in [0.2, 0.25) is 0 Å². The number of rotatable bonds is 12. The first-order valence-corrected chi connectivity index (χ1v) is 17.9. The van der Waals surface area contributed by atoms with Gasteiger partial charge in [-0.05, 0) is 60.7 Å². The van der Waals surface area contributed by atoms with Crippen LogP contribution in [0.3, 0.4) is 0 Å². The van der Waals surface area contributed by atoms with Gasteiger partial charge in [0.05, 0.1) is 31.0 Å². The van der Waals surface area contributed by atoms with Gasteiger partial charge in [-0.3, -0.25) is 20.2 Å². The fourth-order valence-corrected chi connectivity index (χ4v) is 5.46. The average Bonchev–Trinajstić information content (AvgIpc) is 3.13. The number of nitro benzene ring substituents is 2. The molecule has 0 aromatic heterocycles. The molecule has 0 saturated carbocycles. The Morgan fingerprint density at radius 1 is 0.483 bits per heavy atom. The summed E-state index contributed by atoms with van der Waals surface area (Å²) < 4.78 is 69.9. The van der Waals surface area contributed by atoms with Crippen LogP contribution >= 0.6 is 0 Å². The number of anilines is 2. The molecule has 0 bridgehead atoms. The fourth-order valence-electron chi connectivity index (χ4n) is 4.48. The molecule has 0 aliphatic carbocycles. The van der Waals surface area contributed by atoms with Gasteiger partial charge in [-0.1, -0.05) is 0 Å². The Labute approximate surface area is 379 Å². The molecule has 0 radical (unpaired) electrons. The maximum absolute atomic E-state index is 11.7. The van der Waals surface area contributed by atoms with Gasteiger partial charge in [0.2, 0.25) is 0 Å². The van der Waals surface area contributed by atoms with Crippen molar-refractivity contribution in [3.63, 3.8) is 0 Å². The zero-order valence-corrected chi connectivity index (χ0v) is 35.9. The van der Waals surface area contributed by atoms with E-state index in [4.69, 9.17) is 11.5 Å². The fraction of sp³-hybridized carbons (Fsp3) is 0. The van der Waals surface area contributed by atoms with Crippen LogP contribution in [0.4, 0.5) is 68.2 Å². The zero-order valence-electron chi connectivity index (χ0n) is 30.2. The van der Waals surface area contributed by atoms with Gasteiger partial charge in [0.1, 0.15) is 60.2 Å². The van der Waals surface area contributed by atoms with Crippen LogP contribution in [0.25, 0.3) is 0 Å². The molecule has 0 atom stereocenters. The van der Waals surface area contributed by atoms with E-state index in [2.05, 4.69) is 40.9 Å². The quantitative estimate of drug-likeness (QED) is 0.0254. The number of aromatic hydroxyl groups is 4. The van der Waals surface area contributed by atoms with Crippen molar-refractivity contribution in [2.24, 2.45) is 40.9 Å². The number of nitrogens with zero attached hydrogens (tertiary/aromatic N) is 10. The molecule has 0 heterocycles. The molecule has 5 rings (SSSR count). The maximum atomic E-state index is 11.7. The second-order valence-electron chi connectivity index (χ2n) is 11.1. The third kappa shape index (κ3) is 11.1. The van der Waals surface area contributed by atoms with E-state index in [9.17, 15) is 66.6 Å². The van der Waals surface area contributed by atoms with Gasteiger partial charge in [-0.25, -0.2) is 16.8 Å². The summed E-state index contributed by atoms with van der Waals surface area (Å²) in [7, 11) is -10.2. The van der Waals surface area contributed by atoms with Crippen LogP contribution in [0.5, 0.6) is 23.0 Å². The first kappa shape index (κ1) is 48.3. The molecule has 0 fully saturated rings. The Morgan fingerprint density at radius 3 is 1.33 bits per heavy atom. The van der Waals surface area contributed by atoms with E-state index in [0.29, 0.717) is 12.1 Å². The van der Waals surface area contributed by atoms with E-state index >= 15 is 0 Å². The number of nitrogen functional groups attached to an aromatic ring is 2. The van der Waals surface area contributed by atoms with Crippen LogP contribution < -0.4 is 70.6 Å². The Kier molecular flexibility index (Phi) is 15.6. The number of nitrogens with two attached hydrogens (primary N) is 2. The second-order valence-corrected chi connectivity index (χ2v) is 13.9. The molecule has 0 saturated heterocycles. The number of hydrogen-bond acceptors (Lipinski definition) is 24. The average molecular weight is 883 g/mol. The van der Waals surface area contributed by atoms with Crippen LogP contribution in [-0.4, -0.2) is 56.2 Å². The molecular weight excluding hydrogens is 863 g/mol. The minimum atomic E-state index is -5.12. The van der Waals surface area contributed by atoms with Crippen LogP contribution in [0, 0.1) is 20.2 Å². The van der Waals surface area contributed by atoms with Crippen LogP contribution in [-0.2, 0) is 20.2 Å². The Morgan fingerprint density at radius 2 is 0.900 bits per heavy atom. The molecule has 8 N–H and O–H groups in total. The van der Waals surface area contributed by atoms with Gasteiger partial charge < -0.3 is 41.0 Å². The molecule has 5 aromatic carbocycles. The number of phenols is 4. The van der Waals surface area contributed by atoms with Gasteiger partial charge in [0.15, 0.2) is 28.6 Å². The second kappa shape index (κ2) is 19.3. The third-order valence-electron chi connectivity index (χ3n) is 7.28. The summed E-state index contributed by atoms with van der Waals surface area (Å²) in [6.45, 7) is 0. The summed E-state index contributed by atoms with van der Waals surface area (Å²) in [5.41, 5.74) is 4.01. The summed E-state index contributed by atoms with van der Waals surface area (Å²) in [5, 5.41) is 96.4. The monoisotopic (exact) mass is 882 g/mol. The smallest absolute Gasteiger partial charge is 0.744 e. The van der Waals surface area contributed by atoms with Crippen molar-refractivity contribution in [3.8, 4) is 23.0 Å². The third-order valence-corrected chi connectivity index (χ3v) is 8.94. The normalized spacial score (nSPS) is 11.9. The number of nitro groups is 2. The van der Waals surface area contributed by atoms with E-state index < -0.39 is 108 Å². The minimum absolute atomic E-state index is 0. The molecule has 0 unspecified atom stereocenters. The van der Waals surface area contributed by atoms with Gasteiger partial charge in [0.25, 0.3) is 11.4 Å². The first-order valence-electron chi connectivity index (χ1n) is 15.1.